The summed E-state index contributed by atoms with van der Waals surface area (Å²) in [6, 6.07) is 2.00. The van der Waals surface area contributed by atoms with E-state index in [9.17, 15) is 0 Å². The lowest BCUT2D eigenvalue weighted by molar-refractivity contribution is 0.122. The largest absolute Gasteiger partial charge is 0.411 e. The molecule has 0 amide bonds. The maximum absolute atomic E-state index is 8.48. The van der Waals surface area contributed by atoms with Gasteiger partial charge in [0, 0.05) is 24.8 Å². The fraction of sp³-hybridized carbons (Fsp3) is 0.455. The van der Waals surface area contributed by atoms with Gasteiger partial charge >= 0.3 is 0 Å². The third-order valence-corrected chi connectivity index (χ3v) is 2.67. The molecule has 0 aliphatic carbocycles. The molecule has 1 aliphatic heterocycles. The van der Waals surface area contributed by atoms with Gasteiger partial charge in [0.2, 0.25) is 0 Å². The van der Waals surface area contributed by atoms with Gasteiger partial charge in [-0.25, -0.2) is 4.98 Å². The van der Waals surface area contributed by atoms with E-state index in [0.29, 0.717) is 0 Å². The minimum atomic E-state index is 0.751. The third kappa shape index (κ3) is 2.30. The van der Waals surface area contributed by atoms with Gasteiger partial charge in [0.25, 0.3) is 0 Å². The SMILES string of the molecule is Cc1cc(N2CCOCC2)ncc1/C=N/O. The van der Waals surface area contributed by atoms with Crippen LogP contribution in [0.2, 0.25) is 0 Å². The lowest BCUT2D eigenvalue weighted by Crippen LogP contribution is -2.36. The van der Waals surface area contributed by atoms with Crippen molar-refractivity contribution in [2.45, 2.75) is 6.92 Å². The van der Waals surface area contributed by atoms with E-state index in [0.717, 1.165) is 43.2 Å². The van der Waals surface area contributed by atoms with E-state index in [1.807, 2.05) is 13.0 Å². The number of rotatable bonds is 2. The quantitative estimate of drug-likeness (QED) is 0.460. The molecule has 0 radical (unpaired) electrons. The lowest BCUT2D eigenvalue weighted by atomic mass is 10.1. The summed E-state index contributed by atoms with van der Waals surface area (Å²) in [7, 11) is 0. The van der Waals surface area contributed by atoms with Gasteiger partial charge in [0.15, 0.2) is 0 Å². The van der Waals surface area contributed by atoms with Crippen molar-refractivity contribution in [3.05, 3.63) is 23.4 Å². The number of nitrogens with zero attached hydrogens (tertiary/aromatic N) is 3. The first-order valence-electron chi connectivity index (χ1n) is 5.28. The van der Waals surface area contributed by atoms with Gasteiger partial charge in [-0.05, 0) is 18.6 Å². The number of morpholine rings is 1. The first kappa shape index (κ1) is 10.9. The molecule has 0 aromatic carbocycles. The number of aryl methyl sites for hydroxylation is 1. The normalized spacial score (nSPS) is 16.9. The molecular formula is C11H15N3O2. The second kappa shape index (κ2) is 4.94. The van der Waals surface area contributed by atoms with Crippen LogP contribution in [0.3, 0.4) is 0 Å². The number of hydrogen-bond acceptors (Lipinski definition) is 5. The number of pyridine rings is 1. The predicted molar refractivity (Wildman–Crippen MR) is 61.4 cm³/mol. The Hall–Kier alpha value is -1.62. The van der Waals surface area contributed by atoms with Crippen molar-refractivity contribution < 1.29 is 9.94 Å². The molecule has 1 aromatic heterocycles. The van der Waals surface area contributed by atoms with Crippen molar-refractivity contribution in [3.63, 3.8) is 0 Å². The van der Waals surface area contributed by atoms with Gasteiger partial charge < -0.3 is 14.8 Å². The average Bonchev–Trinajstić information content (AvgIpc) is 2.33. The summed E-state index contributed by atoms with van der Waals surface area (Å²) >= 11 is 0. The van der Waals surface area contributed by atoms with Crippen LogP contribution in [0.4, 0.5) is 5.82 Å². The molecule has 0 saturated carbocycles. The van der Waals surface area contributed by atoms with Crippen molar-refractivity contribution >= 4 is 12.0 Å². The number of anilines is 1. The molecule has 1 N–H and O–H groups in total. The van der Waals surface area contributed by atoms with E-state index >= 15 is 0 Å². The first-order valence-corrected chi connectivity index (χ1v) is 5.28. The van der Waals surface area contributed by atoms with E-state index in [-0.39, 0.29) is 0 Å². The van der Waals surface area contributed by atoms with Gasteiger partial charge in [0.05, 0.1) is 19.4 Å². The molecule has 86 valence electrons. The van der Waals surface area contributed by atoms with Gasteiger partial charge in [-0.1, -0.05) is 5.16 Å². The highest BCUT2D eigenvalue weighted by molar-refractivity contribution is 5.81. The molecule has 0 atom stereocenters. The summed E-state index contributed by atoms with van der Waals surface area (Å²) < 4.78 is 5.29. The van der Waals surface area contributed by atoms with Crippen LogP contribution >= 0.6 is 0 Å². The van der Waals surface area contributed by atoms with Crippen molar-refractivity contribution in [1.82, 2.24) is 4.98 Å². The van der Waals surface area contributed by atoms with Crippen molar-refractivity contribution in [2.75, 3.05) is 31.2 Å². The van der Waals surface area contributed by atoms with Crippen LogP contribution in [0, 0.1) is 6.92 Å². The van der Waals surface area contributed by atoms with Crippen LogP contribution in [0.25, 0.3) is 0 Å². The number of aromatic nitrogens is 1. The summed E-state index contributed by atoms with van der Waals surface area (Å²) in [6.07, 6.45) is 3.12. The van der Waals surface area contributed by atoms with Crippen LogP contribution in [0.1, 0.15) is 11.1 Å². The third-order valence-electron chi connectivity index (χ3n) is 2.67. The summed E-state index contributed by atoms with van der Waals surface area (Å²) in [6.45, 7) is 5.23. The molecule has 1 saturated heterocycles. The van der Waals surface area contributed by atoms with E-state index in [4.69, 9.17) is 9.94 Å². The van der Waals surface area contributed by atoms with Crippen LogP contribution in [0.5, 0.6) is 0 Å². The minimum Gasteiger partial charge on any atom is -0.411 e. The Morgan fingerprint density at radius 1 is 1.50 bits per heavy atom. The molecule has 1 fully saturated rings. The van der Waals surface area contributed by atoms with Crippen molar-refractivity contribution in [3.8, 4) is 0 Å². The number of hydrogen-bond donors (Lipinski definition) is 1. The molecule has 5 nitrogen and oxygen atoms in total. The summed E-state index contributed by atoms with van der Waals surface area (Å²) in [5.41, 5.74) is 1.88. The zero-order valence-electron chi connectivity index (χ0n) is 9.26. The van der Waals surface area contributed by atoms with Gasteiger partial charge in [-0.15, -0.1) is 0 Å². The van der Waals surface area contributed by atoms with E-state index in [1.165, 1.54) is 6.21 Å². The Balaban J connectivity index is 2.19. The second-order valence-electron chi connectivity index (χ2n) is 3.74. The monoisotopic (exact) mass is 221 g/mol. The Labute approximate surface area is 94.4 Å². The van der Waals surface area contributed by atoms with Gasteiger partial charge in [-0.3, -0.25) is 0 Å². The molecule has 16 heavy (non-hydrogen) atoms. The fourth-order valence-electron chi connectivity index (χ4n) is 1.71. The smallest absolute Gasteiger partial charge is 0.128 e. The van der Waals surface area contributed by atoms with Crippen molar-refractivity contribution in [1.29, 1.82) is 0 Å². The average molecular weight is 221 g/mol. The molecule has 1 aromatic rings. The Morgan fingerprint density at radius 2 is 2.25 bits per heavy atom. The van der Waals surface area contributed by atoms with Crippen LogP contribution < -0.4 is 4.90 Å². The summed E-state index contributed by atoms with van der Waals surface area (Å²) in [5.74, 6) is 0.955. The Kier molecular flexibility index (Phi) is 3.36. The van der Waals surface area contributed by atoms with Crippen LogP contribution in [-0.2, 0) is 4.74 Å². The summed E-state index contributed by atoms with van der Waals surface area (Å²) in [5, 5.41) is 11.5. The Morgan fingerprint density at radius 3 is 2.88 bits per heavy atom. The molecular weight excluding hydrogens is 206 g/mol. The molecule has 0 spiro atoms. The van der Waals surface area contributed by atoms with Gasteiger partial charge in [-0.2, -0.15) is 0 Å². The van der Waals surface area contributed by atoms with Crippen LogP contribution in [0.15, 0.2) is 17.4 Å². The molecule has 0 unspecified atom stereocenters. The molecule has 5 heteroatoms. The van der Waals surface area contributed by atoms with E-state index in [1.54, 1.807) is 6.20 Å². The molecule has 2 heterocycles. The zero-order chi connectivity index (χ0) is 11.4. The zero-order valence-corrected chi connectivity index (χ0v) is 9.26. The maximum Gasteiger partial charge on any atom is 0.128 e. The maximum atomic E-state index is 8.48. The van der Waals surface area contributed by atoms with Crippen molar-refractivity contribution in [2.24, 2.45) is 5.16 Å². The molecule has 2 rings (SSSR count). The fourth-order valence-corrected chi connectivity index (χ4v) is 1.71. The number of ether oxygens (including phenoxy) is 1. The highest BCUT2D eigenvalue weighted by Crippen LogP contribution is 2.16. The molecule has 1 aliphatic rings. The number of oxime groups is 1. The Bertz CT molecular complexity index is 387. The van der Waals surface area contributed by atoms with Gasteiger partial charge in [0.1, 0.15) is 5.82 Å². The van der Waals surface area contributed by atoms with E-state index in [2.05, 4.69) is 15.0 Å². The van der Waals surface area contributed by atoms with E-state index < -0.39 is 0 Å². The lowest BCUT2D eigenvalue weighted by Gasteiger charge is -2.28. The summed E-state index contributed by atoms with van der Waals surface area (Å²) in [4.78, 5) is 6.54. The molecule has 0 bridgehead atoms. The standard InChI is InChI=1S/C11H15N3O2/c1-9-6-11(12-7-10(9)8-13-15)14-2-4-16-5-3-14/h6-8,15H,2-5H2,1H3/b13-8+. The minimum absolute atomic E-state index is 0.751. The predicted octanol–water partition coefficient (Wildman–Crippen LogP) is 1.03. The second-order valence-corrected chi connectivity index (χ2v) is 3.74. The highest BCUT2D eigenvalue weighted by atomic mass is 16.5. The first-order chi connectivity index (χ1) is 7.81. The highest BCUT2D eigenvalue weighted by Gasteiger charge is 2.12. The topological polar surface area (TPSA) is 58.0 Å². The van der Waals surface area contributed by atoms with Crippen LogP contribution in [-0.4, -0.2) is 42.7 Å².